The summed E-state index contributed by atoms with van der Waals surface area (Å²) in [4.78, 5) is 0. The highest BCUT2D eigenvalue weighted by atomic mass is 35.7. The summed E-state index contributed by atoms with van der Waals surface area (Å²) < 4.78 is 26.6. The zero-order valence-corrected chi connectivity index (χ0v) is 10.5. The molecule has 0 aliphatic heterocycles. The van der Waals surface area contributed by atoms with E-state index in [0.717, 1.165) is 11.3 Å². The fourth-order valence-corrected chi connectivity index (χ4v) is 2.38. The SMILES string of the molecule is C=C(Cc1ccc(OC)cc1)CS(=O)(=O)Cl. The molecule has 0 bridgehead atoms. The largest absolute Gasteiger partial charge is 0.497 e. The Labute approximate surface area is 100 Å². The van der Waals surface area contributed by atoms with Gasteiger partial charge in [-0.05, 0) is 24.1 Å². The Bertz CT molecular complexity index is 463. The molecule has 0 atom stereocenters. The van der Waals surface area contributed by atoms with Gasteiger partial charge in [-0.2, -0.15) is 0 Å². The minimum Gasteiger partial charge on any atom is -0.497 e. The minimum atomic E-state index is -3.51. The first-order valence-corrected chi connectivity index (χ1v) is 7.10. The number of benzene rings is 1. The zero-order chi connectivity index (χ0) is 12.2. The van der Waals surface area contributed by atoms with Crippen LogP contribution in [-0.4, -0.2) is 21.3 Å². The second kappa shape index (κ2) is 5.37. The summed E-state index contributed by atoms with van der Waals surface area (Å²) >= 11 is 0. The predicted molar refractivity (Wildman–Crippen MR) is 65.5 cm³/mol. The van der Waals surface area contributed by atoms with Crippen molar-refractivity contribution < 1.29 is 13.2 Å². The van der Waals surface area contributed by atoms with Gasteiger partial charge < -0.3 is 4.74 Å². The van der Waals surface area contributed by atoms with Crippen LogP contribution in [0.1, 0.15) is 5.56 Å². The summed E-state index contributed by atoms with van der Waals surface area (Å²) in [6.45, 7) is 3.68. The van der Waals surface area contributed by atoms with Crippen molar-refractivity contribution in [3.63, 3.8) is 0 Å². The number of halogens is 1. The smallest absolute Gasteiger partial charge is 0.236 e. The summed E-state index contributed by atoms with van der Waals surface area (Å²) in [6, 6.07) is 7.37. The summed E-state index contributed by atoms with van der Waals surface area (Å²) in [6.07, 6.45) is 0.496. The monoisotopic (exact) mass is 260 g/mol. The zero-order valence-electron chi connectivity index (χ0n) is 8.94. The summed E-state index contributed by atoms with van der Waals surface area (Å²) in [5, 5.41) is 0. The number of ether oxygens (including phenoxy) is 1. The van der Waals surface area contributed by atoms with Crippen LogP contribution >= 0.6 is 10.7 Å². The van der Waals surface area contributed by atoms with Crippen LogP contribution in [0, 0.1) is 0 Å². The molecule has 0 aliphatic carbocycles. The Balaban J connectivity index is 2.63. The van der Waals surface area contributed by atoms with Gasteiger partial charge in [0.15, 0.2) is 0 Å². The molecule has 0 aliphatic rings. The molecule has 1 rings (SSSR count). The fourth-order valence-electron chi connectivity index (χ4n) is 1.33. The van der Waals surface area contributed by atoms with E-state index in [-0.39, 0.29) is 5.75 Å². The van der Waals surface area contributed by atoms with Gasteiger partial charge in [0, 0.05) is 10.7 Å². The summed E-state index contributed by atoms with van der Waals surface area (Å²) in [7, 11) is 3.22. The van der Waals surface area contributed by atoms with E-state index < -0.39 is 9.05 Å². The third-order valence-corrected chi connectivity index (χ3v) is 3.07. The fraction of sp³-hybridized carbons (Fsp3) is 0.273. The van der Waals surface area contributed by atoms with E-state index in [0.29, 0.717) is 12.0 Å². The topological polar surface area (TPSA) is 43.4 Å². The quantitative estimate of drug-likeness (QED) is 0.603. The number of methoxy groups -OCH3 is 1. The molecule has 5 heteroatoms. The van der Waals surface area contributed by atoms with Crippen LogP contribution in [0.5, 0.6) is 5.75 Å². The molecule has 3 nitrogen and oxygen atoms in total. The lowest BCUT2D eigenvalue weighted by Gasteiger charge is -2.05. The molecule has 0 fully saturated rings. The highest BCUT2D eigenvalue weighted by Crippen LogP contribution is 2.15. The Morgan fingerprint density at radius 1 is 1.38 bits per heavy atom. The molecule has 0 spiro atoms. The standard InChI is InChI=1S/C11H13ClO3S/c1-9(8-16(12,13)14)7-10-3-5-11(15-2)6-4-10/h3-6H,1,7-8H2,2H3. The highest BCUT2D eigenvalue weighted by molar-refractivity contribution is 8.13. The third-order valence-electron chi connectivity index (χ3n) is 1.99. The number of rotatable bonds is 5. The molecule has 0 radical (unpaired) electrons. The lowest BCUT2D eigenvalue weighted by atomic mass is 10.1. The molecule has 0 amide bonds. The highest BCUT2D eigenvalue weighted by Gasteiger charge is 2.08. The van der Waals surface area contributed by atoms with E-state index in [4.69, 9.17) is 15.4 Å². The van der Waals surface area contributed by atoms with Gasteiger partial charge in [0.25, 0.3) is 0 Å². The maximum atomic E-state index is 10.8. The van der Waals surface area contributed by atoms with Gasteiger partial charge in [0.2, 0.25) is 9.05 Å². The molecule has 16 heavy (non-hydrogen) atoms. The Morgan fingerprint density at radius 3 is 2.38 bits per heavy atom. The predicted octanol–water partition coefficient (Wildman–Crippen LogP) is 2.36. The maximum Gasteiger partial charge on any atom is 0.236 e. The van der Waals surface area contributed by atoms with Crippen molar-refractivity contribution in [1.29, 1.82) is 0 Å². The first-order chi connectivity index (χ1) is 7.40. The average molecular weight is 261 g/mol. The molecule has 1 aromatic rings. The number of hydrogen-bond acceptors (Lipinski definition) is 3. The van der Waals surface area contributed by atoms with Crippen molar-refractivity contribution >= 4 is 19.7 Å². The third kappa shape index (κ3) is 4.68. The van der Waals surface area contributed by atoms with Crippen LogP contribution < -0.4 is 4.74 Å². The van der Waals surface area contributed by atoms with Crippen LogP contribution in [0.15, 0.2) is 36.4 Å². The first-order valence-electron chi connectivity index (χ1n) is 4.62. The summed E-state index contributed by atoms with van der Waals surface area (Å²) in [5.74, 6) is 0.569. The average Bonchev–Trinajstić information content (AvgIpc) is 2.16. The molecule has 0 saturated carbocycles. The van der Waals surface area contributed by atoms with Gasteiger partial charge in [-0.25, -0.2) is 8.42 Å². The van der Waals surface area contributed by atoms with E-state index in [1.54, 1.807) is 7.11 Å². The number of hydrogen-bond donors (Lipinski definition) is 0. The van der Waals surface area contributed by atoms with Gasteiger partial charge in [0.1, 0.15) is 5.75 Å². The van der Waals surface area contributed by atoms with Crippen molar-refractivity contribution in [2.75, 3.05) is 12.9 Å². The Morgan fingerprint density at radius 2 is 1.94 bits per heavy atom. The van der Waals surface area contributed by atoms with Crippen molar-refractivity contribution in [3.05, 3.63) is 42.0 Å². The van der Waals surface area contributed by atoms with E-state index in [2.05, 4.69) is 6.58 Å². The normalized spacial score (nSPS) is 11.1. The van der Waals surface area contributed by atoms with E-state index in [1.165, 1.54) is 0 Å². The van der Waals surface area contributed by atoms with Crippen molar-refractivity contribution in [2.24, 2.45) is 0 Å². The van der Waals surface area contributed by atoms with Crippen LogP contribution in [0.4, 0.5) is 0 Å². The van der Waals surface area contributed by atoms with E-state index >= 15 is 0 Å². The molecule has 0 N–H and O–H groups in total. The molecule has 0 saturated heterocycles. The van der Waals surface area contributed by atoms with Gasteiger partial charge in [-0.15, -0.1) is 0 Å². The van der Waals surface area contributed by atoms with E-state index in [9.17, 15) is 8.42 Å². The molecule has 88 valence electrons. The van der Waals surface area contributed by atoms with Crippen LogP contribution in [0.25, 0.3) is 0 Å². The molecular formula is C11H13ClO3S. The molecule has 1 aromatic carbocycles. The van der Waals surface area contributed by atoms with E-state index in [1.807, 2.05) is 24.3 Å². The second-order valence-corrected chi connectivity index (χ2v) is 6.23. The molecule has 0 heterocycles. The lowest BCUT2D eigenvalue weighted by Crippen LogP contribution is -2.02. The maximum absolute atomic E-state index is 10.8. The van der Waals surface area contributed by atoms with Crippen LogP contribution in [-0.2, 0) is 15.5 Å². The van der Waals surface area contributed by atoms with Crippen LogP contribution in [0.2, 0.25) is 0 Å². The molecular weight excluding hydrogens is 248 g/mol. The summed E-state index contributed by atoms with van der Waals surface area (Å²) in [5.41, 5.74) is 1.55. The molecule has 0 aromatic heterocycles. The Hall–Kier alpha value is -1.000. The van der Waals surface area contributed by atoms with Gasteiger partial charge in [-0.1, -0.05) is 24.3 Å². The lowest BCUT2D eigenvalue weighted by molar-refractivity contribution is 0.414. The first kappa shape index (κ1) is 13.1. The van der Waals surface area contributed by atoms with Crippen LogP contribution in [0.3, 0.4) is 0 Å². The van der Waals surface area contributed by atoms with Crippen molar-refractivity contribution in [1.82, 2.24) is 0 Å². The van der Waals surface area contributed by atoms with Crippen molar-refractivity contribution in [3.8, 4) is 5.75 Å². The van der Waals surface area contributed by atoms with Gasteiger partial charge in [0.05, 0.1) is 12.9 Å². The van der Waals surface area contributed by atoms with Crippen molar-refractivity contribution in [2.45, 2.75) is 6.42 Å². The van der Waals surface area contributed by atoms with Gasteiger partial charge >= 0.3 is 0 Å². The minimum absolute atomic E-state index is 0.194. The Kier molecular flexibility index (Phi) is 4.38. The second-order valence-electron chi connectivity index (χ2n) is 3.46. The molecule has 0 unspecified atom stereocenters. The van der Waals surface area contributed by atoms with Gasteiger partial charge in [-0.3, -0.25) is 0 Å².